The first-order valence-corrected chi connectivity index (χ1v) is 7.05. The Balaban J connectivity index is 3.01. The van der Waals surface area contributed by atoms with Gasteiger partial charge in [-0.3, -0.25) is 4.79 Å². The molecule has 0 unspecified atom stereocenters. The number of halogens is 1. The lowest BCUT2D eigenvalue weighted by Crippen LogP contribution is -2.37. The van der Waals surface area contributed by atoms with Gasteiger partial charge in [0, 0.05) is 23.7 Å². The predicted molar refractivity (Wildman–Crippen MR) is 83.8 cm³/mol. The molecular formula is C16H18ClN3O. The van der Waals surface area contributed by atoms with E-state index in [9.17, 15) is 4.79 Å². The molecule has 0 heterocycles. The molecule has 21 heavy (non-hydrogen) atoms. The number of nitrogens with zero attached hydrogens (tertiary/aromatic N) is 2. The van der Waals surface area contributed by atoms with Crippen molar-refractivity contribution in [1.29, 1.82) is 5.26 Å². The fraction of sp³-hybridized carbons (Fsp3) is 0.375. The number of carbonyl (C=O) groups excluding carboxylic acids is 1. The zero-order valence-corrected chi connectivity index (χ0v) is 12.9. The van der Waals surface area contributed by atoms with Gasteiger partial charge in [0.25, 0.3) is 5.91 Å². The van der Waals surface area contributed by atoms with Crippen LogP contribution in [0.25, 0.3) is 0 Å². The van der Waals surface area contributed by atoms with E-state index < -0.39 is 0 Å². The highest BCUT2D eigenvalue weighted by Crippen LogP contribution is 2.19. The van der Waals surface area contributed by atoms with Gasteiger partial charge in [-0.1, -0.05) is 23.4 Å². The quantitative estimate of drug-likeness (QED) is 0.868. The average Bonchev–Trinajstić information content (AvgIpc) is 2.45. The second-order valence-corrected chi connectivity index (χ2v) is 5.11. The van der Waals surface area contributed by atoms with Crippen LogP contribution in [-0.2, 0) is 0 Å². The lowest BCUT2D eigenvalue weighted by Gasteiger charge is -2.26. The van der Waals surface area contributed by atoms with E-state index in [1.807, 2.05) is 13.8 Å². The number of amides is 1. The molecule has 5 heteroatoms. The number of hydrogen-bond acceptors (Lipinski definition) is 3. The number of nitriles is 1. The van der Waals surface area contributed by atoms with Crippen LogP contribution in [-0.4, -0.2) is 29.9 Å². The first-order valence-electron chi connectivity index (χ1n) is 6.67. The van der Waals surface area contributed by atoms with Crippen molar-refractivity contribution in [3.63, 3.8) is 0 Å². The summed E-state index contributed by atoms with van der Waals surface area (Å²) in [4.78, 5) is 14.1. The van der Waals surface area contributed by atoms with Crippen molar-refractivity contribution >= 4 is 17.5 Å². The molecule has 1 aromatic rings. The highest BCUT2D eigenvalue weighted by atomic mass is 35.5. The zero-order valence-electron chi connectivity index (χ0n) is 12.2. The lowest BCUT2D eigenvalue weighted by molar-refractivity contribution is 0.0710. The Labute approximate surface area is 130 Å². The van der Waals surface area contributed by atoms with Crippen LogP contribution in [0.4, 0.5) is 0 Å². The second-order valence-electron chi connectivity index (χ2n) is 4.70. The van der Waals surface area contributed by atoms with E-state index >= 15 is 0 Å². The van der Waals surface area contributed by atoms with Gasteiger partial charge >= 0.3 is 0 Å². The Morgan fingerprint density at radius 2 is 2.19 bits per heavy atom. The van der Waals surface area contributed by atoms with Gasteiger partial charge in [0.1, 0.15) is 0 Å². The molecule has 0 aliphatic carbocycles. The highest BCUT2D eigenvalue weighted by Gasteiger charge is 2.19. The summed E-state index contributed by atoms with van der Waals surface area (Å²) < 4.78 is 0. The molecule has 0 fully saturated rings. The van der Waals surface area contributed by atoms with Crippen molar-refractivity contribution < 1.29 is 4.79 Å². The number of nitrogens with two attached hydrogens (primary N) is 1. The number of rotatable bonds is 4. The predicted octanol–water partition coefficient (Wildman–Crippen LogP) is 2.41. The van der Waals surface area contributed by atoms with Crippen molar-refractivity contribution in [2.45, 2.75) is 26.3 Å². The van der Waals surface area contributed by atoms with Crippen molar-refractivity contribution in [2.24, 2.45) is 5.73 Å². The molecule has 2 N–H and O–H groups in total. The largest absolute Gasteiger partial charge is 0.335 e. The van der Waals surface area contributed by atoms with E-state index in [0.29, 0.717) is 29.1 Å². The maximum Gasteiger partial charge on any atom is 0.254 e. The lowest BCUT2D eigenvalue weighted by atomic mass is 10.1. The van der Waals surface area contributed by atoms with Crippen LogP contribution in [0.3, 0.4) is 0 Å². The summed E-state index contributed by atoms with van der Waals surface area (Å²) in [7, 11) is 0. The first-order chi connectivity index (χ1) is 10.0. The maximum absolute atomic E-state index is 12.5. The van der Waals surface area contributed by atoms with Crippen molar-refractivity contribution in [2.75, 3.05) is 13.1 Å². The minimum Gasteiger partial charge on any atom is -0.335 e. The fourth-order valence-corrected chi connectivity index (χ4v) is 2.05. The van der Waals surface area contributed by atoms with Crippen LogP contribution in [0.15, 0.2) is 18.2 Å². The van der Waals surface area contributed by atoms with E-state index in [1.165, 1.54) is 0 Å². The molecule has 0 bridgehead atoms. The summed E-state index contributed by atoms with van der Waals surface area (Å²) in [6, 6.07) is 7.07. The molecule has 0 saturated carbocycles. The maximum atomic E-state index is 12.5. The third-order valence-electron chi connectivity index (χ3n) is 2.89. The van der Waals surface area contributed by atoms with E-state index in [1.54, 1.807) is 23.1 Å². The number of benzene rings is 1. The Kier molecular flexibility index (Phi) is 6.75. The molecule has 0 aliphatic rings. The van der Waals surface area contributed by atoms with Crippen LogP contribution in [0.1, 0.15) is 36.2 Å². The molecule has 0 aliphatic heterocycles. The second kappa shape index (κ2) is 8.32. The SMILES string of the molecule is CC(C)N(CCC#N)C(=O)c1ccc(C#CCN)c(Cl)c1. The van der Waals surface area contributed by atoms with Crippen LogP contribution < -0.4 is 5.73 Å². The van der Waals surface area contributed by atoms with E-state index in [4.69, 9.17) is 22.6 Å². The third-order valence-corrected chi connectivity index (χ3v) is 3.20. The van der Waals surface area contributed by atoms with Gasteiger partial charge < -0.3 is 10.6 Å². The summed E-state index contributed by atoms with van der Waals surface area (Å²) in [5.41, 5.74) is 6.46. The van der Waals surface area contributed by atoms with Gasteiger partial charge in [-0.05, 0) is 32.0 Å². The normalized spacial score (nSPS) is 9.71. The topological polar surface area (TPSA) is 70.1 Å². The molecule has 1 amide bonds. The summed E-state index contributed by atoms with van der Waals surface area (Å²) in [6.07, 6.45) is 0.303. The minimum absolute atomic E-state index is 0.0151. The van der Waals surface area contributed by atoms with E-state index in [0.717, 1.165) is 0 Å². The Morgan fingerprint density at radius 1 is 1.48 bits per heavy atom. The van der Waals surface area contributed by atoms with E-state index in [-0.39, 0.29) is 18.5 Å². The fourth-order valence-electron chi connectivity index (χ4n) is 1.83. The highest BCUT2D eigenvalue weighted by molar-refractivity contribution is 6.32. The molecule has 110 valence electrons. The van der Waals surface area contributed by atoms with E-state index in [2.05, 4.69) is 17.9 Å². The van der Waals surface area contributed by atoms with Gasteiger partial charge in [0.05, 0.1) is 24.1 Å². The van der Waals surface area contributed by atoms with Crippen molar-refractivity contribution in [1.82, 2.24) is 4.90 Å². The van der Waals surface area contributed by atoms with Gasteiger partial charge in [0.2, 0.25) is 0 Å². The van der Waals surface area contributed by atoms with Gasteiger partial charge in [-0.25, -0.2) is 0 Å². The molecular weight excluding hydrogens is 286 g/mol. The molecule has 0 spiro atoms. The van der Waals surface area contributed by atoms with Crippen LogP contribution in [0.5, 0.6) is 0 Å². The van der Waals surface area contributed by atoms with Gasteiger partial charge in [-0.2, -0.15) is 5.26 Å². The van der Waals surface area contributed by atoms with Crippen molar-refractivity contribution in [3.05, 3.63) is 34.3 Å². The zero-order chi connectivity index (χ0) is 15.8. The third kappa shape index (κ3) is 4.79. The molecule has 1 rings (SSSR count). The minimum atomic E-state index is -0.138. The number of carbonyl (C=O) groups is 1. The molecule has 4 nitrogen and oxygen atoms in total. The summed E-state index contributed by atoms with van der Waals surface area (Å²) in [6.45, 7) is 4.49. The molecule has 1 aromatic carbocycles. The first kappa shape index (κ1) is 17.0. The standard InChI is InChI=1S/C16H18ClN3O/c1-12(2)20(10-4-9-19)16(21)14-7-6-13(5-3-8-18)15(17)11-14/h6-7,11-12H,4,8,10,18H2,1-2H3. The Bertz CT molecular complexity index is 608. The van der Waals surface area contributed by atoms with Crippen LogP contribution in [0.2, 0.25) is 5.02 Å². The van der Waals surface area contributed by atoms with Crippen LogP contribution in [0, 0.1) is 23.2 Å². The molecule has 0 radical (unpaired) electrons. The smallest absolute Gasteiger partial charge is 0.254 e. The monoisotopic (exact) mass is 303 g/mol. The van der Waals surface area contributed by atoms with Gasteiger partial charge in [0.15, 0.2) is 0 Å². The summed E-state index contributed by atoms with van der Waals surface area (Å²) in [5.74, 6) is 5.44. The van der Waals surface area contributed by atoms with Gasteiger partial charge in [-0.15, -0.1) is 0 Å². The summed E-state index contributed by atoms with van der Waals surface area (Å²) >= 11 is 6.13. The molecule has 0 saturated heterocycles. The number of hydrogen-bond donors (Lipinski definition) is 1. The Hall–Kier alpha value is -2.01. The molecule has 0 atom stereocenters. The average molecular weight is 304 g/mol. The van der Waals surface area contributed by atoms with Crippen molar-refractivity contribution in [3.8, 4) is 17.9 Å². The van der Waals surface area contributed by atoms with Crippen LogP contribution >= 0.6 is 11.6 Å². The summed E-state index contributed by atoms with van der Waals surface area (Å²) in [5, 5.41) is 9.10. The Morgan fingerprint density at radius 3 is 2.71 bits per heavy atom. The molecule has 0 aromatic heterocycles.